The lowest BCUT2D eigenvalue weighted by atomic mass is 9.96. The summed E-state index contributed by atoms with van der Waals surface area (Å²) in [7, 11) is 3.96. The van der Waals surface area contributed by atoms with E-state index in [2.05, 4.69) is 17.3 Å². The fourth-order valence-electron chi connectivity index (χ4n) is 2.24. The lowest BCUT2D eigenvalue weighted by Crippen LogP contribution is -2.21. The minimum atomic E-state index is 0.228. The molecule has 2 heterocycles. The Morgan fingerprint density at radius 2 is 2.47 bits per heavy atom. The minimum absolute atomic E-state index is 0.228. The van der Waals surface area contributed by atoms with Crippen molar-refractivity contribution in [3.8, 4) is 0 Å². The molecule has 1 aliphatic rings. The quantitative estimate of drug-likeness (QED) is 0.808. The van der Waals surface area contributed by atoms with E-state index < -0.39 is 0 Å². The van der Waals surface area contributed by atoms with Crippen molar-refractivity contribution in [3.63, 3.8) is 0 Å². The number of nitrogens with zero attached hydrogens (tertiary/aromatic N) is 2. The van der Waals surface area contributed by atoms with Crippen LogP contribution in [0.1, 0.15) is 23.8 Å². The average Bonchev–Trinajstić information content (AvgIpc) is 2.77. The average molecular weight is 209 g/mol. The second kappa shape index (κ2) is 4.33. The molecule has 84 valence electrons. The van der Waals surface area contributed by atoms with Crippen LogP contribution in [0.3, 0.4) is 0 Å². The van der Waals surface area contributed by atoms with Crippen LogP contribution in [0.25, 0.3) is 0 Å². The van der Waals surface area contributed by atoms with Crippen molar-refractivity contribution in [2.75, 3.05) is 20.2 Å². The molecular formula is C11H19N3O. The number of aryl methyl sites for hydroxylation is 1. The Hall–Kier alpha value is -0.870. The lowest BCUT2D eigenvalue weighted by Gasteiger charge is -2.17. The summed E-state index contributed by atoms with van der Waals surface area (Å²) in [5, 5.41) is 7.50. The Bertz CT molecular complexity index is 335. The molecule has 0 spiro atoms. The van der Waals surface area contributed by atoms with Crippen LogP contribution in [-0.2, 0) is 11.8 Å². The molecule has 2 unspecified atom stereocenters. The van der Waals surface area contributed by atoms with Crippen molar-refractivity contribution in [1.82, 2.24) is 15.1 Å². The van der Waals surface area contributed by atoms with Gasteiger partial charge in [-0.2, -0.15) is 5.10 Å². The highest BCUT2D eigenvalue weighted by Gasteiger charge is 2.31. The summed E-state index contributed by atoms with van der Waals surface area (Å²) in [6.07, 6.45) is 3.31. The van der Waals surface area contributed by atoms with Gasteiger partial charge in [0.05, 0.1) is 12.3 Å². The third-order valence-corrected chi connectivity index (χ3v) is 3.26. The lowest BCUT2D eigenvalue weighted by molar-refractivity contribution is 0.0904. The van der Waals surface area contributed by atoms with Crippen molar-refractivity contribution in [3.05, 3.63) is 17.5 Å². The molecule has 0 radical (unpaired) electrons. The zero-order valence-electron chi connectivity index (χ0n) is 9.66. The van der Waals surface area contributed by atoms with Gasteiger partial charge in [0.1, 0.15) is 0 Å². The highest BCUT2D eigenvalue weighted by molar-refractivity contribution is 5.20. The third-order valence-electron chi connectivity index (χ3n) is 3.26. The van der Waals surface area contributed by atoms with Gasteiger partial charge in [0.15, 0.2) is 0 Å². The van der Waals surface area contributed by atoms with Crippen LogP contribution in [0.2, 0.25) is 0 Å². The van der Waals surface area contributed by atoms with E-state index in [1.54, 1.807) is 0 Å². The SMILES string of the molecule is CNCC1CCOC1c1cnn(C)c1C. The van der Waals surface area contributed by atoms with Gasteiger partial charge in [-0.1, -0.05) is 0 Å². The van der Waals surface area contributed by atoms with Crippen molar-refractivity contribution >= 4 is 0 Å². The number of nitrogens with one attached hydrogen (secondary N) is 1. The Kier molecular flexibility index (Phi) is 3.07. The van der Waals surface area contributed by atoms with Crippen molar-refractivity contribution < 1.29 is 4.74 Å². The predicted octanol–water partition coefficient (Wildman–Crippen LogP) is 1.03. The summed E-state index contributed by atoms with van der Waals surface area (Å²) in [5.74, 6) is 0.581. The van der Waals surface area contributed by atoms with Gasteiger partial charge >= 0.3 is 0 Å². The molecule has 0 saturated carbocycles. The second-order valence-corrected chi connectivity index (χ2v) is 4.21. The van der Waals surface area contributed by atoms with E-state index in [4.69, 9.17) is 4.74 Å². The maximum absolute atomic E-state index is 5.80. The molecule has 1 fully saturated rings. The van der Waals surface area contributed by atoms with E-state index in [0.717, 1.165) is 19.6 Å². The maximum atomic E-state index is 5.80. The molecule has 2 rings (SSSR count). The van der Waals surface area contributed by atoms with Crippen LogP contribution < -0.4 is 5.32 Å². The van der Waals surface area contributed by atoms with Gasteiger partial charge in [0.2, 0.25) is 0 Å². The Labute approximate surface area is 90.6 Å². The molecule has 0 bridgehead atoms. The number of ether oxygens (including phenoxy) is 1. The van der Waals surface area contributed by atoms with Crippen molar-refractivity contribution in [1.29, 1.82) is 0 Å². The van der Waals surface area contributed by atoms with Gasteiger partial charge in [-0.15, -0.1) is 0 Å². The van der Waals surface area contributed by atoms with Crippen LogP contribution in [-0.4, -0.2) is 30.0 Å². The van der Waals surface area contributed by atoms with E-state index in [0.29, 0.717) is 5.92 Å². The first-order valence-electron chi connectivity index (χ1n) is 5.48. The summed E-state index contributed by atoms with van der Waals surface area (Å²) in [4.78, 5) is 0. The number of hydrogen-bond donors (Lipinski definition) is 1. The summed E-state index contributed by atoms with van der Waals surface area (Å²) in [6.45, 7) is 3.98. The molecule has 1 aromatic rings. The van der Waals surface area contributed by atoms with Crippen molar-refractivity contribution in [2.45, 2.75) is 19.4 Å². The van der Waals surface area contributed by atoms with Gasteiger partial charge in [-0.05, 0) is 20.4 Å². The Morgan fingerprint density at radius 3 is 3.07 bits per heavy atom. The van der Waals surface area contributed by atoms with Crippen molar-refractivity contribution in [2.24, 2.45) is 13.0 Å². The molecule has 2 atom stereocenters. The molecule has 0 aromatic carbocycles. The molecule has 4 nitrogen and oxygen atoms in total. The Morgan fingerprint density at radius 1 is 1.67 bits per heavy atom. The van der Waals surface area contributed by atoms with Gasteiger partial charge < -0.3 is 10.1 Å². The standard InChI is InChI=1S/C11H19N3O/c1-8-10(7-13-14(8)3)11-9(6-12-2)4-5-15-11/h7,9,11-12H,4-6H2,1-3H3. The van der Waals surface area contributed by atoms with E-state index in [1.165, 1.54) is 11.3 Å². The first-order valence-corrected chi connectivity index (χ1v) is 5.48. The zero-order valence-corrected chi connectivity index (χ0v) is 9.66. The van der Waals surface area contributed by atoms with Crippen LogP contribution >= 0.6 is 0 Å². The van der Waals surface area contributed by atoms with Gasteiger partial charge in [-0.3, -0.25) is 4.68 Å². The topological polar surface area (TPSA) is 39.1 Å². The highest BCUT2D eigenvalue weighted by atomic mass is 16.5. The summed E-state index contributed by atoms with van der Waals surface area (Å²) < 4.78 is 7.72. The monoisotopic (exact) mass is 209 g/mol. The van der Waals surface area contributed by atoms with E-state index in [-0.39, 0.29) is 6.10 Å². The normalized spacial score (nSPS) is 26.1. The number of rotatable bonds is 3. The van der Waals surface area contributed by atoms with Gasteiger partial charge in [-0.25, -0.2) is 0 Å². The smallest absolute Gasteiger partial charge is 0.0899 e. The molecule has 0 aliphatic carbocycles. The van der Waals surface area contributed by atoms with E-state index in [9.17, 15) is 0 Å². The van der Waals surface area contributed by atoms with Crippen LogP contribution in [0.5, 0.6) is 0 Å². The Balaban J connectivity index is 2.19. The zero-order chi connectivity index (χ0) is 10.8. The minimum Gasteiger partial charge on any atom is -0.373 e. The van der Waals surface area contributed by atoms with Crippen LogP contribution in [0.15, 0.2) is 6.20 Å². The molecule has 1 aliphatic heterocycles. The van der Waals surface area contributed by atoms with Gasteiger partial charge in [0, 0.05) is 37.4 Å². The summed E-state index contributed by atoms with van der Waals surface area (Å²) in [6, 6.07) is 0. The summed E-state index contributed by atoms with van der Waals surface area (Å²) >= 11 is 0. The largest absolute Gasteiger partial charge is 0.373 e. The summed E-state index contributed by atoms with van der Waals surface area (Å²) in [5.41, 5.74) is 2.46. The molecule has 1 N–H and O–H groups in total. The third kappa shape index (κ3) is 1.92. The molecule has 0 amide bonds. The molecular weight excluding hydrogens is 190 g/mol. The highest BCUT2D eigenvalue weighted by Crippen LogP contribution is 2.35. The van der Waals surface area contributed by atoms with Gasteiger partial charge in [0.25, 0.3) is 0 Å². The second-order valence-electron chi connectivity index (χ2n) is 4.21. The van der Waals surface area contributed by atoms with Crippen LogP contribution in [0.4, 0.5) is 0 Å². The molecule has 1 aromatic heterocycles. The number of hydrogen-bond acceptors (Lipinski definition) is 3. The maximum Gasteiger partial charge on any atom is 0.0899 e. The molecule has 1 saturated heterocycles. The van der Waals surface area contributed by atoms with E-state index >= 15 is 0 Å². The van der Waals surface area contributed by atoms with Crippen LogP contribution in [0, 0.1) is 12.8 Å². The molecule has 15 heavy (non-hydrogen) atoms. The number of aromatic nitrogens is 2. The fraction of sp³-hybridized carbons (Fsp3) is 0.727. The first kappa shape index (κ1) is 10.6. The first-order chi connectivity index (χ1) is 7.24. The van der Waals surface area contributed by atoms with E-state index in [1.807, 2.05) is 25.0 Å². The molecule has 4 heteroatoms. The fourth-order valence-corrected chi connectivity index (χ4v) is 2.24. The predicted molar refractivity (Wildman–Crippen MR) is 58.7 cm³/mol.